The lowest BCUT2D eigenvalue weighted by atomic mass is 10.0. The van der Waals surface area contributed by atoms with E-state index in [1.807, 2.05) is 30.5 Å². The summed E-state index contributed by atoms with van der Waals surface area (Å²) in [4.78, 5) is 21.9. The van der Waals surface area contributed by atoms with Gasteiger partial charge in [-0.3, -0.25) is 9.88 Å². The van der Waals surface area contributed by atoms with Crippen LogP contribution in [0.25, 0.3) is 33.8 Å². The van der Waals surface area contributed by atoms with Crippen molar-refractivity contribution < 1.29 is 4.39 Å². The second-order valence-electron chi connectivity index (χ2n) is 8.61. The van der Waals surface area contributed by atoms with Crippen LogP contribution in [0.5, 0.6) is 0 Å². The lowest BCUT2D eigenvalue weighted by Gasteiger charge is -2.32. The van der Waals surface area contributed by atoms with Gasteiger partial charge in [-0.1, -0.05) is 18.2 Å². The van der Waals surface area contributed by atoms with Crippen LogP contribution in [0, 0.1) is 5.82 Å². The van der Waals surface area contributed by atoms with Crippen molar-refractivity contribution in [3.05, 3.63) is 65.7 Å². The van der Waals surface area contributed by atoms with Crippen molar-refractivity contribution in [2.45, 2.75) is 13.1 Å². The van der Waals surface area contributed by atoms with E-state index in [-0.39, 0.29) is 5.82 Å². The molecule has 3 aromatic heterocycles. The monoisotopic (exact) mass is 445 g/mol. The van der Waals surface area contributed by atoms with E-state index in [1.54, 1.807) is 19.3 Å². The van der Waals surface area contributed by atoms with Gasteiger partial charge in [-0.2, -0.15) is 0 Å². The average Bonchev–Trinajstić information content (AvgIpc) is 3.27. The Morgan fingerprint density at radius 2 is 1.91 bits per heavy atom. The second-order valence-corrected chi connectivity index (χ2v) is 8.61. The largest absolute Gasteiger partial charge is 0.321 e. The first-order chi connectivity index (χ1) is 16.1. The summed E-state index contributed by atoms with van der Waals surface area (Å²) in [6.45, 7) is 5.74. The Balaban J connectivity index is 1.39. The Labute approximate surface area is 192 Å². The number of aromatic amines is 1. The summed E-state index contributed by atoms with van der Waals surface area (Å²) in [5.41, 5.74) is 5.56. The molecule has 170 valence electrons. The third kappa shape index (κ3) is 4.64. The zero-order valence-corrected chi connectivity index (χ0v) is 19.0. The molecule has 1 aromatic carbocycles. The highest BCUT2D eigenvalue weighted by Gasteiger charge is 2.16. The third-order valence-electron chi connectivity index (χ3n) is 6.19. The number of fused-ring (bicyclic) bond motifs is 1. The van der Waals surface area contributed by atoms with Crippen LogP contribution < -0.4 is 5.32 Å². The molecule has 0 atom stereocenters. The summed E-state index contributed by atoms with van der Waals surface area (Å²) in [6, 6.07) is 11.3. The van der Waals surface area contributed by atoms with Gasteiger partial charge in [-0.15, -0.1) is 0 Å². The maximum Gasteiger partial charge on any atom is 0.158 e. The van der Waals surface area contributed by atoms with Crippen LogP contribution >= 0.6 is 0 Å². The standard InChI is InChI=1S/C25H28FN7/c1-27-15-19-5-4-18(13-21(19)26)20-7-8-28-25-23(20)30-24(31-25)22-6-3-17(14-29-22)16-33-11-9-32(2)10-12-33/h3-8,13-14,27H,9-12,15-16H2,1-2H3,(H,28,30,31). The van der Waals surface area contributed by atoms with E-state index >= 15 is 0 Å². The number of piperazine rings is 1. The summed E-state index contributed by atoms with van der Waals surface area (Å²) in [5, 5.41) is 2.98. The van der Waals surface area contributed by atoms with Crippen molar-refractivity contribution in [1.82, 2.24) is 35.1 Å². The van der Waals surface area contributed by atoms with Gasteiger partial charge in [0.05, 0.1) is 0 Å². The minimum absolute atomic E-state index is 0.236. The highest BCUT2D eigenvalue weighted by Crippen LogP contribution is 2.29. The number of benzene rings is 1. The van der Waals surface area contributed by atoms with E-state index in [0.29, 0.717) is 29.1 Å². The third-order valence-corrected chi connectivity index (χ3v) is 6.19. The van der Waals surface area contributed by atoms with Crippen LogP contribution in [0.15, 0.2) is 48.8 Å². The molecule has 1 aliphatic rings. The van der Waals surface area contributed by atoms with Crippen molar-refractivity contribution in [2.24, 2.45) is 0 Å². The number of hydrogen-bond acceptors (Lipinski definition) is 6. The highest BCUT2D eigenvalue weighted by molar-refractivity contribution is 5.91. The maximum absolute atomic E-state index is 14.5. The molecule has 1 fully saturated rings. The lowest BCUT2D eigenvalue weighted by molar-refractivity contribution is 0.148. The number of pyridine rings is 2. The van der Waals surface area contributed by atoms with Crippen LogP contribution in [0.1, 0.15) is 11.1 Å². The van der Waals surface area contributed by atoms with E-state index in [0.717, 1.165) is 49.5 Å². The van der Waals surface area contributed by atoms with Crippen molar-refractivity contribution >= 4 is 11.2 Å². The molecule has 7 nitrogen and oxygen atoms in total. The van der Waals surface area contributed by atoms with Gasteiger partial charge in [0.25, 0.3) is 0 Å². The van der Waals surface area contributed by atoms with Gasteiger partial charge in [-0.25, -0.2) is 14.4 Å². The van der Waals surface area contributed by atoms with Gasteiger partial charge in [-0.05, 0) is 43.4 Å². The molecule has 33 heavy (non-hydrogen) atoms. The Morgan fingerprint density at radius 3 is 2.64 bits per heavy atom. The maximum atomic E-state index is 14.5. The molecule has 4 heterocycles. The van der Waals surface area contributed by atoms with Gasteiger partial charge in [0.15, 0.2) is 11.5 Å². The van der Waals surface area contributed by atoms with Crippen molar-refractivity contribution in [1.29, 1.82) is 0 Å². The normalized spacial score (nSPS) is 15.4. The lowest BCUT2D eigenvalue weighted by Crippen LogP contribution is -2.43. The van der Waals surface area contributed by atoms with Crippen LogP contribution in [0.2, 0.25) is 0 Å². The van der Waals surface area contributed by atoms with Crippen LogP contribution in [-0.4, -0.2) is 70.0 Å². The molecule has 1 aliphatic heterocycles. The minimum atomic E-state index is -0.236. The van der Waals surface area contributed by atoms with E-state index in [2.05, 4.69) is 43.2 Å². The highest BCUT2D eigenvalue weighted by atomic mass is 19.1. The summed E-state index contributed by atoms with van der Waals surface area (Å²) in [7, 11) is 3.97. The Morgan fingerprint density at radius 1 is 1.06 bits per heavy atom. The molecular formula is C25H28FN7. The first-order valence-electron chi connectivity index (χ1n) is 11.2. The molecule has 0 unspecified atom stereocenters. The molecule has 0 bridgehead atoms. The van der Waals surface area contributed by atoms with E-state index in [1.165, 1.54) is 5.56 Å². The van der Waals surface area contributed by atoms with Crippen LogP contribution in [-0.2, 0) is 13.1 Å². The molecule has 8 heteroatoms. The molecule has 4 aromatic rings. The van der Waals surface area contributed by atoms with E-state index in [9.17, 15) is 4.39 Å². The number of likely N-dealkylation sites (N-methyl/N-ethyl adjacent to an activating group) is 1. The fourth-order valence-electron chi connectivity index (χ4n) is 4.24. The molecule has 2 N–H and O–H groups in total. The predicted molar refractivity (Wildman–Crippen MR) is 128 cm³/mol. The molecule has 1 saturated heterocycles. The first kappa shape index (κ1) is 21.6. The van der Waals surface area contributed by atoms with Crippen LogP contribution in [0.4, 0.5) is 4.39 Å². The summed E-state index contributed by atoms with van der Waals surface area (Å²) < 4.78 is 14.5. The van der Waals surface area contributed by atoms with Gasteiger partial charge in [0.1, 0.15) is 17.0 Å². The zero-order valence-electron chi connectivity index (χ0n) is 19.0. The number of nitrogens with one attached hydrogen (secondary N) is 2. The van der Waals surface area contributed by atoms with Crippen molar-refractivity contribution in [3.8, 4) is 22.6 Å². The van der Waals surface area contributed by atoms with Gasteiger partial charge >= 0.3 is 0 Å². The summed E-state index contributed by atoms with van der Waals surface area (Å²) >= 11 is 0. The summed E-state index contributed by atoms with van der Waals surface area (Å²) in [6.07, 6.45) is 3.64. The molecule has 0 aliphatic carbocycles. The van der Waals surface area contributed by atoms with Gasteiger partial charge < -0.3 is 15.2 Å². The molecule has 0 amide bonds. The zero-order chi connectivity index (χ0) is 22.8. The number of nitrogens with zero attached hydrogens (tertiary/aromatic N) is 5. The molecular weight excluding hydrogens is 417 g/mol. The van der Waals surface area contributed by atoms with Gasteiger partial charge in [0, 0.05) is 62.8 Å². The molecule has 0 saturated carbocycles. The fourth-order valence-corrected chi connectivity index (χ4v) is 4.24. The number of H-pyrrole nitrogens is 1. The second kappa shape index (κ2) is 9.35. The fraction of sp³-hybridized carbons (Fsp3) is 0.320. The Kier molecular flexibility index (Phi) is 6.13. The predicted octanol–water partition coefficient (Wildman–Crippen LogP) is 3.29. The molecule has 5 rings (SSSR count). The summed E-state index contributed by atoms with van der Waals surface area (Å²) in [5.74, 6) is 0.420. The van der Waals surface area contributed by atoms with Crippen molar-refractivity contribution in [2.75, 3.05) is 40.3 Å². The molecule has 0 spiro atoms. The quantitative estimate of drug-likeness (QED) is 0.475. The number of imidazole rings is 1. The topological polar surface area (TPSA) is 73.0 Å². The van der Waals surface area contributed by atoms with Crippen molar-refractivity contribution in [3.63, 3.8) is 0 Å². The molecule has 0 radical (unpaired) electrons. The first-order valence-corrected chi connectivity index (χ1v) is 11.2. The van der Waals surface area contributed by atoms with Crippen LogP contribution in [0.3, 0.4) is 0 Å². The Bertz CT molecular complexity index is 1240. The average molecular weight is 446 g/mol. The van der Waals surface area contributed by atoms with Gasteiger partial charge in [0.2, 0.25) is 0 Å². The Hall–Kier alpha value is -3.20. The number of aromatic nitrogens is 4. The SMILES string of the molecule is CNCc1ccc(-c2ccnc3[nH]c(-c4ccc(CN5CCN(C)CC5)cn4)nc23)cc1F. The smallest absolute Gasteiger partial charge is 0.158 e. The number of halogens is 1. The van der Waals surface area contributed by atoms with E-state index < -0.39 is 0 Å². The number of hydrogen-bond donors (Lipinski definition) is 2. The van der Waals surface area contributed by atoms with E-state index in [4.69, 9.17) is 4.98 Å². The minimum Gasteiger partial charge on any atom is -0.321 e. The number of rotatable bonds is 6.